The second kappa shape index (κ2) is 8.56. The average molecular weight is 299 g/mol. The molecule has 0 unspecified atom stereocenters. The summed E-state index contributed by atoms with van der Waals surface area (Å²) in [5.74, 6) is -0.763. The summed E-state index contributed by atoms with van der Waals surface area (Å²) in [6.07, 6.45) is 3.90. The third-order valence-electron chi connectivity index (χ3n) is 2.89. The van der Waals surface area contributed by atoms with Crippen LogP contribution in [-0.2, 0) is 9.59 Å². The molecule has 4 N–H and O–H groups in total. The summed E-state index contributed by atoms with van der Waals surface area (Å²) in [6.45, 7) is 3.41. The summed E-state index contributed by atoms with van der Waals surface area (Å²) >= 11 is 0. The van der Waals surface area contributed by atoms with Crippen LogP contribution in [0.2, 0.25) is 0 Å². The lowest BCUT2D eigenvalue weighted by molar-refractivity contribution is -0.114. The standard InChI is InChI=1S/C17H21N3O2/c1-3-7-15(14(11-18)17(19)22)20-16(10-12(2)21)13-8-5-4-6-9-13/h4-6,8-11H,3,7,18H2,1-2H3,(H2,19,22)/b14-11+,16-10-,20-15-. The van der Waals surface area contributed by atoms with Crippen LogP contribution in [0.5, 0.6) is 0 Å². The number of nitrogens with two attached hydrogens (primary N) is 2. The maximum Gasteiger partial charge on any atom is 0.252 e. The fraction of sp³-hybridized carbons (Fsp3) is 0.235. The Bertz CT molecular complexity index is 629. The van der Waals surface area contributed by atoms with Crippen LogP contribution in [0.3, 0.4) is 0 Å². The zero-order valence-corrected chi connectivity index (χ0v) is 12.9. The van der Waals surface area contributed by atoms with Gasteiger partial charge in [-0.25, -0.2) is 0 Å². The van der Waals surface area contributed by atoms with Crippen LogP contribution in [0.1, 0.15) is 32.3 Å². The lowest BCUT2D eigenvalue weighted by atomic mass is 10.1. The van der Waals surface area contributed by atoms with E-state index in [9.17, 15) is 9.59 Å². The predicted octanol–water partition coefficient (Wildman–Crippen LogP) is 2.19. The molecule has 0 aromatic heterocycles. The summed E-state index contributed by atoms with van der Waals surface area (Å²) in [4.78, 5) is 27.4. The normalized spacial score (nSPS) is 13.1. The molecule has 1 aromatic rings. The van der Waals surface area contributed by atoms with Gasteiger partial charge in [0.15, 0.2) is 5.78 Å². The van der Waals surface area contributed by atoms with E-state index in [1.165, 1.54) is 13.0 Å². The maximum atomic E-state index is 11.5. The first kappa shape index (κ1) is 17.4. The third-order valence-corrected chi connectivity index (χ3v) is 2.89. The highest BCUT2D eigenvalue weighted by Crippen LogP contribution is 2.18. The number of amides is 1. The van der Waals surface area contributed by atoms with Crippen molar-refractivity contribution in [3.63, 3.8) is 0 Å². The Morgan fingerprint density at radius 1 is 1.23 bits per heavy atom. The van der Waals surface area contributed by atoms with E-state index in [0.717, 1.165) is 18.2 Å². The molecule has 1 aromatic carbocycles. The largest absolute Gasteiger partial charge is 0.404 e. The van der Waals surface area contributed by atoms with Crippen molar-refractivity contribution in [2.75, 3.05) is 0 Å². The molecular weight excluding hydrogens is 278 g/mol. The number of aliphatic imine (C=N–C) groups is 1. The summed E-state index contributed by atoms with van der Waals surface area (Å²) in [5, 5.41) is 0. The van der Waals surface area contributed by atoms with Crippen molar-refractivity contribution in [2.45, 2.75) is 26.7 Å². The molecule has 0 aliphatic rings. The lowest BCUT2D eigenvalue weighted by Gasteiger charge is -2.09. The van der Waals surface area contributed by atoms with Gasteiger partial charge in [-0.3, -0.25) is 14.6 Å². The lowest BCUT2D eigenvalue weighted by Crippen LogP contribution is -2.22. The van der Waals surface area contributed by atoms with Crippen molar-refractivity contribution in [1.82, 2.24) is 0 Å². The fourth-order valence-electron chi connectivity index (χ4n) is 1.94. The van der Waals surface area contributed by atoms with Crippen LogP contribution >= 0.6 is 0 Å². The molecular formula is C17H21N3O2. The molecule has 0 heterocycles. The van der Waals surface area contributed by atoms with Crippen LogP contribution in [0.15, 0.2) is 53.2 Å². The van der Waals surface area contributed by atoms with Crippen LogP contribution < -0.4 is 11.5 Å². The predicted molar refractivity (Wildman–Crippen MR) is 88.9 cm³/mol. The number of primary amides is 1. The highest BCUT2D eigenvalue weighted by atomic mass is 16.1. The van der Waals surface area contributed by atoms with Crippen molar-refractivity contribution in [3.8, 4) is 0 Å². The average Bonchev–Trinajstić information content (AvgIpc) is 2.47. The van der Waals surface area contributed by atoms with Gasteiger partial charge in [0.25, 0.3) is 5.91 Å². The first-order valence-electron chi connectivity index (χ1n) is 7.06. The highest BCUT2D eigenvalue weighted by Gasteiger charge is 2.13. The van der Waals surface area contributed by atoms with E-state index in [2.05, 4.69) is 4.99 Å². The Morgan fingerprint density at radius 2 is 1.86 bits per heavy atom. The van der Waals surface area contributed by atoms with Gasteiger partial charge in [0.05, 0.1) is 17.0 Å². The topological polar surface area (TPSA) is 98.5 Å². The molecule has 22 heavy (non-hydrogen) atoms. The zero-order chi connectivity index (χ0) is 16.5. The number of carbonyl (C=O) groups is 2. The molecule has 0 aliphatic carbocycles. The summed E-state index contributed by atoms with van der Waals surface area (Å²) in [7, 11) is 0. The van der Waals surface area contributed by atoms with E-state index < -0.39 is 5.91 Å². The van der Waals surface area contributed by atoms with E-state index in [1.807, 2.05) is 37.3 Å². The van der Waals surface area contributed by atoms with Gasteiger partial charge in [-0.2, -0.15) is 0 Å². The number of ketones is 1. The van der Waals surface area contributed by atoms with E-state index in [4.69, 9.17) is 11.5 Å². The third kappa shape index (κ3) is 5.01. The Hall–Kier alpha value is -2.69. The molecule has 0 saturated heterocycles. The van der Waals surface area contributed by atoms with Crippen LogP contribution in [0.25, 0.3) is 5.70 Å². The number of hydrogen-bond donors (Lipinski definition) is 2. The van der Waals surface area contributed by atoms with Gasteiger partial charge in [-0.1, -0.05) is 43.7 Å². The van der Waals surface area contributed by atoms with E-state index in [-0.39, 0.29) is 11.4 Å². The Morgan fingerprint density at radius 3 is 2.32 bits per heavy atom. The zero-order valence-electron chi connectivity index (χ0n) is 12.9. The molecule has 0 atom stereocenters. The van der Waals surface area contributed by atoms with Crippen LogP contribution in [0.4, 0.5) is 0 Å². The molecule has 0 spiro atoms. The Balaban J connectivity index is 3.39. The van der Waals surface area contributed by atoms with Crippen LogP contribution in [-0.4, -0.2) is 17.4 Å². The summed E-state index contributed by atoms with van der Waals surface area (Å²) in [6, 6.07) is 9.27. The van der Waals surface area contributed by atoms with E-state index in [1.54, 1.807) is 0 Å². The Labute approximate surface area is 130 Å². The molecule has 0 fully saturated rings. The van der Waals surface area contributed by atoms with Gasteiger partial charge >= 0.3 is 0 Å². The van der Waals surface area contributed by atoms with Gasteiger partial charge in [0.2, 0.25) is 0 Å². The number of benzene rings is 1. The SMILES string of the molecule is CCCC(=N/C(=C\C(C)=O)c1ccccc1)/C(=C\N)C(N)=O. The molecule has 1 amide bonds. The first-order chi connectivity index (χ1) is 10.5. The van der Waals surface area contributed by atoms with Crippen molar-refractivity contribution in [1.29, 1.82) is 0 Å². The molecule has 0 saturated carbocycles. The van der Waals surface area contributed by atoms with Crippen LogP contribution in [0, 0.1) is 0 Å². The molecule has 1 rings (SSSR count). The first-order valence-corrected chi connectivity index (χ1v) is 7.06. The fourth-order valence-corrected chi connectivity index (χ4v) is 1.94. The number of rotatable bonds is 7. The van der Waals surface area contributed by atoms with Gasteiger partial charge in [-0.15, -0.1) is 0 Å². The molecule has 0 bridgehead atoms. The maximum absolute atomic E-state index is 11.5. The molecule has 5 nitrogen and oxygen atoms in total. The number of hydrogen-bond acceptors (Lipinski definition) is 4. The number of allylic oxidation sites excluding steroid dienone is 1. The van der Waals surface area contributed by atoms with E-state index >= 15 is 0 Å². The minimum atomic E-state index is -0.634. The molecule has 5 heteroatoms. The highest BCUT2D eigenvalue weighted by molar-refractivity contribution is 6.22. The summed E-state index contributed by atoms with van der Waals surface area (Å²) in [5.41, 5.74) is 12.8. The van der Waals surface area contributed by atoms with Crippen molar-refractivity contribution in [3.05, 3.63) is 53.7 Å². The molecule has 116 valence electrons. The molecule has 0 aliphatic heterocycles. The second-order valence-electron chi connectivity index (χ2n) is 4.76. The second-order valence-corrected chi connectivity index (χ2v) is 4.76. The quantitative estimate of drug-likeness (QED) is 0.596. The van der Waals surface area contributed by atoms with Gasteiger partial charge in [-0.05, 0) is 13.3 Å². The van der Waals surface area contributed by atoms with E-state index in [0.29, 0.717) is 17.8 Å². The van der Waals surface area contributed by atoms with Crippen molar-refractivity contribution >= 4 is 23.1 Å². The van der Waals surface area contributed by atoms with Crippen molar-refractivity contribution in [2.24, 2.45) is 16.5 Å². The smallest absolute Gasteiger partial charge is 0.252 e. The number of carbonyl (C=O) groups excluding carboxylic acids is 2. The van der Waals surface area contributed by atoms with Gasteiger partial charge < -0.3 is 11.5 Å². The molecule has 0 radical (unpaired) electrons. The van der Waals surface area contributed by atoms with Gasteiger partial charge in [0.1, 0.15) is 0 Å². The monoisotopic (exact) mass is 299 g/mol. The van der Waals surface area contributed by atoms with Gasteiger partial charge in [0, 0.05) is 17.8 Å². The number of nitrogens with zero attached hydrogens (tertiary/aromatic N) is 1. The van der Waals surface area contributed by atoms with Crippen molar-refractivity contribution < 1.29 is 9.59 Å². The summed E-state index contributed by atoms with van der Waals surface area (Å²) < 4.78 is 0. The minimum absolute atomic E-state index is 0.129. The minimum Gasteiger partial charge on any atom is -0.404 e. The Kier molecular flexibility index (Phi) is 6.76.